The van der Waals surface area contributed by atoms with E-state index in [1.165, 1.54) is 17.3 Å². The minimum absolute atomic E-state index is 0.0502. The normalized spacial score (nSPS) is 10.2. The van der Waals surface area contributed by atoms with Crippen LogP contribution in [0.25, 0.3) is 0 Å². The highest BCUT2D eigenvalue weighted by Crippen LogP contribution is 2.30. The van der Waals surface area contributed by atoms with Crippen LogP contribution >= 0.6 is 11.8 Å². The number of benzene rings is 1. The minimum Gasteiger partial charge on any atom is -0.294 e. The molecule has 0 aliphatic carbocycles. The fraction of sp³-hybridized carbons (Fsp3) is 0.143. The largest absolute Gasteiger partial charge is 0.294 e. The first-order valence-corrected chi connectivity index (χ1v) is 6.19. The summed E-state index contributed by atoms with van der Waals surface area (Å²) in [5.74, 6) is 0.0502. The topological polar surface area (TPSA) is 30.0 Å². The van der Waals surface area contributed by atoms with Crippen molar-refractivity contribution >= 4 is 17.5 Å². The zero-order chi connectivity index (χ0) is 12.3. The van der Waals surface area contributed by atoms with Crippen molar-refractivity contribution in [3.05, 3.63) is 53.7 Å². The van der Waals surface area contributed by atoms with Crippen LogP contribution in [-0.2, 0) is 0 Å². The van der Waals surface area contributed by atoms with Crippen LogP contribution in [-0.4, -0.2) is 10.8 Å². The van der Waals surface area contributed by atoms with Gasteiger partial charge in [-0.1, -0.05) is 30.0 Å². The molecule has 3 heteroatoms. The molecule has 2 aromatic rings. The highest BCUT2D eigenvalue weighted by Gasteiger charge is 2.10. The van der Waals surface area contributed by atoms with E-state index in [9.17, 15) is 4.79 Å². The Morgan fingerprint density at radius 3 is 2.65 bits per heavy atom. The average molecular weight is 243 g/mol. The molecule has 1 aromatic carbocycles. The van der Waals surface area contributed by atoms with Crippen LogP contribution < -0.4 is 0 Å². The van der Waals surface area contributed by atoms with Crippen molar-refractivity contribution in [2.45, 2.75) is 23.8 Å². The standard InChI is InChI=1S/C14H13NOS/c1-10-6-3-4-8-13(10)17-14-12(11(2)16)7-5-9-15-14/h3-9H,1-2H3. The minimum atomic E-state index is 0.0502. The van der Waals surface area contributed by atoms with E-state index in [0.717, 1.165) is 9.92 Å². The molecule has 1 heterocycles. The van der Waals surface area contributed by atoms with E-state index < -0.39 is 0 Å². The van der Waals surface area contributed by atoms with Crippen LogP contribution in [0.4, 0.5) is 0 Å². The smallest absolute Gasteiger partial charge is 0.162 e. The van der Waals surface area contributed by atoms with Crippen molar-refractivity contribution in [2.75, 3.05) is 0 Å². The summed E-state index contributed by atoms with van der Waals surface area (Å²) in [6, 6.07) is 11.7. The first kappa shape index (κ1) is 11.9. The van der Waals surface area contributed by atoms with Crippen LogP contribution in [0, 0.1) is 6.92 Å². The van der Waals surface area contributed by atoms with Gasteiger partial charge in [0.1, 0.15) is 5.03 Å². The zero-order valence-corrected chi connectivity index (χ0v) is 10.6. The summed E-state index contributed by atoms with van der Waals surface area (Å²) in [7, 11) is 0. The molecule has 0 aliphatic rings. The van der Waals surface area contributed by atoms with Crippen molar-refractivity contribution in [3.63, 3.8) is 0 Å². The van der Waals surface area contributed by atoms with Crippen LogP contribution in [0.1, 0.15) is 22.8 Å². The molecule has 0 N–H and O–H groups in total. The number of hydrogen-bond acceptors (Lipinski definition) is 3. The SMILES string of the molecule is CC(=O)c1cccnc1Sc1ccccc1C. The Morgan fingerprint density at radius 2 is 1.94 bits per heavy atom. The predicted octanol–water partition coefficient (Wildman–Crippen LogP) is 3.74. The summed E-state index contributed by atoms with van der Waals surface area (Å²) < 4.78 is 0. The number of carbonyl (C=O) groups excluding carboxylic acids is 1. The molecule has 2 nitrogen and oxygen atoms in total. The average Bonchev–Trinajstić information content (AvgIpc) is 2.32. The second kappa shape index (κ2) is 5.15. The summed E-state index contributed by atoms with van der Waals surface area (Å²) >= 11 is 1.54. The summed E-state index contributed by atoms with van der Waals surface area (Å²) in [5.41, 5.74) is 1.87. The highest BCUT2D eigenvalue weighted by atomic mass is 32.2. The van der Waals surface area contributed by atoms with Crippen LogP contribution in [0.3, 0.4) is 0 Å². The quantitative estimate of drug-likeness (QED) is 0.769. The van der Waals surface area contributed by atoms with Crippen molar-refractivity contribution in [1.82, 2.24) is 4.98 Å². The van der Waals surface area contributed by atoms with Gasteiger partial charge in [0.15, 0.2) is 5.78 Å². The molecule has 0 atom stereocenters. The molecule has 0 unspecified atom stereocenters. The van der Waals surface area contributed by atoms with E-state index in [-0.39, 0.29) is 5.78 Å². The summed E-state index contributed by atoms with van der Waals surface area (Å²) in [6.07, 6.45) is 1.72. The molecule has 0 saturated heterocycles. The number of aryl methyl sites for hydroxylation is 1. The Balaban J connectivity index is 2.37. The molecule has 1 aromatic heterocycles. The van der Waals surface area contributed by atoms with E-state index in [1.807, 2.05) is 24.3 Å². The number of hydrogen-bond donors (Lipinski definition) is 0. The van der Waals surface area contributed by atoms with E-state index in [1.54, 1.807) is 19.2 Å². The highest BCUT2D eigenvalue weighted by molar-refractivity contribution is 7.99. The van der Waals surface area contributed by atoms with Gasteiger partial charge in [-0.2, -0.15) is 0 Å². The molecule has 0 bridgehead atoms. The van der Waals surface area contributed by atoms with Gasteiger partial charge in [-0.15, -0.1) is 0 Å². The molecule has 0 fully saturated rings. The summed E-state index contributed by atoms with van der Waals surface area (Å²) in [5, 5.41) is 0.773. The van der Waals surface area contributed by atoms with E-state index in [0.29, 0.717) is 5.56 Å². The maximum atomic E-state index is 11.5. The van der Waals surface area contributed by atoms with E-state index in [2.05, 4.69) is 18.0 Å². The van der Waals surface area contributed by atoms with Gasteiger partial charge in [-0.25, -0.2) is 4.98 Å². The molecule has 0 radical (unpaired) electrons. The van der Waals surface area contributed by atoms with Gasteiger partial charge in [-0.3, -0.25) is 4.79 Å². The van der Waals surface area contributed by atoms with Gasteiger partial charge in [0.2, 0.25) is 0 Å². The molecule has 17 heavy (non-hydrogen) atoms. The molecule has 0 aliphatic heterocycles. The third kappa shape index (κ3) is 2.74. The van der Waals surface area contributed by atoms with Gasteiger partial charge in [0.25, 0.3) is 0 Å². The molecular formula is C14H13NOS. The molecule has 0 spiro atoms. The van der Waals surface area contributed by atoms with Crippen molar-refractivity contribution in [1.29, 1.82) is 0 Å². The zero-order valence-electron chi connectivity index (χ0n) is 9.81. The number of nitrogens with zero attached hydrogens (tertiary/aromatic N) is 1. The van der Waals surface area contributed by atoms with E-state index in [4.69, 9.17) is 0 Å². The van der Waals surface area contributed by atoms with Crippen molar-refractivity contribution in [3.8, 4) is 0 Å². The fourth-order valence-electron chi connectivity index (χ4n) is 1.52. The Kier molecular flexibility index (Phi) is 3.59. The van der Waals surface area contributed by atoms with Gasteiger partial charge < -0.3 is 0 Å². The van der Waals surface area contributed by atoms with Gasteiger partial charge in [0, 0.05) is 16.7 Å². The molecule has 0 saturated carbocycles. The van der Waals surface area contributed by atoms with Crippen LogP contribution in [0.2, 0.25) is 0 Å². The van der Waals surface area contributed by atoms with Crippen molar-refractivity contribution < 1.29 is 4.79 Å². The lowest BCUT2D eigenvalue weighted by molar-refractivity contribution is 0.101. The number of Topliss-reactive ketones (excluding diaryl/α,β-unsaturated/α-hetero) is 1. The summed E-state index contributed by atoms with van der Waals surface area (Å²) in [6.45, 7) is 3.62. The van der Waals surface area contributed by atoms with Crippen LogP contribution in [0.15, 0.2) is 52.5 Å². The van der Waals surface area contributed by atoms with Gasteiger partial charge >= 0.3 is 0 Å². The Bertz CT molecular complexity index is 551. The monoisotopic (exact) mass is 243 g/mol. The maximum absolute atomic E-state index is 11.5. The number of carbonyl (C=O) groups is 1. The molecular weight excluding hydrogens is 230 g/mol. The predicted molar refractivity (Wildman–Crippen MR) is 69.5 cm³/mol. The lowest BCUT2D eigenvalue weighted by Crippen LogP contribution is -1.97. The number of ketones is 1. The van der Waals surface area contributed by atoms with Crippen molar-refractivity contribution in [2.24, 2.45) is 0 Å². The first-order valence-electron chi connectivity index (χ1n) is 5.38. The summed E-state index contributed by atoms with van der Waals surface area (Å²) in [4.78, 5) is 16.9. The molecule has 0 amide bonds. The maximum Gasteiger partial charge on any atom is 0.162 e. The Morgan fingerprint density at radius 1 is 1.18 bits per heavy atom. The second-order valence-electron chi connectivity index (χ2n) is 3.78. The Hall–Kier alpha value is -1.61. The lowest BCUT2D eigenvalue weighted by Gasteiger charge is -2.07. The first-order chi connectivity index (χ1) is 8.18. The number of aromatic nitrogens is 1. The lowest BCUT2D eigenvalue weighted by atomic mass is 10.2. The number of pyridine rings is 1. The van der Waals surface area contributed by atoms with Crippen LogP contribution in [0.5, 0.6) is 0 Å². The third-order valence-corrected chi connectivity index (χ3v) is 3.65. The fourth-order valence-corrected chi connectivity index (χ4v) is 2.53. The van der Waals surface area contributed by atoms with E-state index >= 15 is 0 Å². The third-order valence-electron chi connectivity index (χ3n) is 2.45. The molecule has 2 rings (SSSR count). The molecule has 86 valence electrons. The van der Waals surface area contributed by atoms with Gasteiger partial charge in [0.05, 0.1) is 0 Å². The number of rotatable bonds is 3. The second-order valence-corrected chi connectivity index (χ2v) is 4.81. The Labute approximate surface area is 105 Å². The van der Waals surface area contributed by atoms with Gasteiger partial charge in [-0.05, 0) is 37.6 Å².